The number of thiocarbonyl (C=S) groups is 1. The number of nitrogens with zero attached hydrogens (tertiary/aromatic N) is 4. The highest BCUT2D eigenvalue weighted by Crippen LogP contribution is 2.13. The van der Waals surface area contributed by atoms with Crippen LogP contribution in [0.2, 0.25) is 0 Å². The van der Waals surface area contributed by atoms with Crippen molar-refractivity contribution >= 4 is 28.7 Å². The van der Waals surface area contributed by atoms with Crippen LogP contribution in [-0.2, 0) is 7.05 Å². The maximum Gasteiger partial charge on any atom is 0.295 e. The summed E-state index contributed by atoms with van der Waals surface area (Å²) in [5.74, 6) is 0. The first kappa shape index (κ1) is 18.5. The molecule has 0 bridgehead atoms. The Morgan fingerprint density at radius 3 is 2.48 bits per heavy atom. The van der Waals surface area contributed by atoms with Gasteiger partial charge in [-0.2, -0.15) is 5.10 Å². The van der Waals surface area contributed by atoms with Gasteiger partial charge in [-0.25, -0.2) is 4.68 Å². The van der Waals surface area contributed by atoms with E-state index < -0.39 is 0 Å². The number of hydrazone groups is 1. The first-order valence-corrected chi connectivity index (χ1v) is 8.75. The maximum absolute atomic E-state index is 12.9. The van der Waals surface area contributed by atoms with Crippen molar-refractivity contribution in [1.29, 1.82) is 0 Å². The fourth-order valence-electron chi connectivity index (χ4n) is 2.65. The van der Waals surface area contributed by atoms with Crippen LogP contribution in [0.4, 0.5) is 5.69 Å². The van der Waals surface area contributed by atoms with Crippen LogP contribution in [0.25, 0.3) is 5.69 Å². The molecule has 7 nitrogen and oxygen atoms in total. The second-order valence-electron chi connectivity index (χ2n) is 5.94. The van der Waals surface area contributed by atoms with Crippen molar-refractivity contribution in [3.8, 4) is 5.69 Å². The van der Waals surface area contributed by atoms with Crippen LogP contribution >= 0.6 is 12.2 Å². The van der Waals surface area contributed by atoms with Crippen molar-refractivity contribution in [3.63, 3.8) is 0 Å². The summed E-state index contributed by atoms with van der Waals surface area (Å²) in [6.07, 6.45) is 3.40. The van der Waals surface area contributed by atoms with Crippen LogP contribution in [-0.4, -0.2) is 25.2 Å². The summed E-state index contributed by atoms with van der Waals surface area (Å²) in [5.41, 5.74) is 6.26. The van der Waals surface area contributed by atoms with E-state index in [1.807, 2.05) is 63.4 Å². The number of nitrogens with one attached hydrogen (secondary N) is 2. The van der Waals surface area contributed by atoms with E-state index >= 15 is 0 Å². The molecule has 0 atom stereocenters. The van der Waals surface area contributed by atoms with Crippen LogP contribution in [0.3, 0.4) is 0 Å². The average molecular weight is 380 g/mol. The van der Waals surface area contributed by atoms with Gasteiger partial charge < -0.3 is 5.32 Å². The highest BCUT2D eigenvalue weighted by atomic mass is 32.1. The number of pyridine rings is 1. The lowest BCUT2D eigenvalue weighted by Gasteiger charge is -2.07. The fourth-order valence-corrected chi connectivity index (χ4v) is 2.79. The number of anilines is 1. The van der Waals surface area contributed by atoms with E-state index in [-0.39, 0.29) is 10.7 Å². The zero-order chi connectivity index (χ0) is 19.4. The van der Waals surface area contributed by atoms with Crippen LogP contribution in [0, 0.1) is 6.92 Å². The molecule has 0 aliphatic heterocycles. The van der Waals surface area contributed by atoms with Crippen molar-refractivity contribution in [3.05, 3.63) is 76.5 Å². The molecule has 138 valence electrons. The molecule has 0 aliphatic carbocycles. The van der Waals surface area contributed by atoms with Gasteiger partial charge in [0.15, 0.2) is 5.11 Å². The Morgan fingerprint density at radius 2 is 1.81 bits per heavy atom. The minimum atomic E-state index is -0.180. The number of para-hydroxylation sites is 1. The van der Waals surface area contributed by atoms with E-state index in [1.165, 1.54) is 0 Å². The largest absolute Gasteiger partial charge is 0.325 e. The summed E-state index contributed by atoms with van der Waals surface area (Å²) >= 11 is 5.29. The lowest BCUT2D eigenvalue weighted by molar-refractivity contribution is 0.630. The molecule has 2 N–H and O–H groups in total. The van der Waals surface area contributed by atoms with Crippen LogP contribution in [0.5, 0.6) is 0 Å². The summed E-state index contributed by atoms with van der Waals surface area (Å²) in [4.78, 5) is 16.8. The Labute approximate surface area is 162 Å². The second-order valence-corrected chi connectivity index (χ2v) is 6.34. The lowest BCUT2D eigenvalue weighted by Crippen LogP contribution is -2.28. The molecule has 3 rings (SSSR count). The number of aromatic nitrogens is 3. The third kappa shape index (κ3) is 3.95. The molecule has 27 heavy (non-hydrogen) atoms. The van der Waals surface area contributed by atoms with E-state index in [0.717, 1.165) is 22.7 Å². The second kappa shape index (κ2) is 7.96. The van der Waals surface area contributed by atoms with Gasteiger partial charge in [0, 0.05) is 25.0 Å². The molecule has 0 aliphatic rings. The van der Waals surface area contributed by atoms with Gasteiger partial charge >= 0.3 is 0 Å². The number of rotatable bonds is 4. The Balaban J connectivity index is 1.80. The average Bonchev–Trinajstić information content (AvgIpc) is 2.90. The number of hydrogen-bond acceptors (Lipinski definition) is 4. The zero-order valence-corrected chi connectivity index (χ0v) is 16.1. The van der Waals surface area contributed by atoms with Crippen molar-refractivity contribution in [1.82, 2.24) is 19.8 Å². The lowest BCUT2D eigenvalue weighted by atomic mass is 10.2. The Hall–Kier alpha value is -3.26. The summed E-state index contributed by atoms with van der Waals surface area (Å²) in [6.45, 7) is 3.72. The van der Waals surface area contributed by atoms with Crippen molar-refractivity contribution in [2.24, 2.45) is 12.1 Å². The molecular weight excluding hydrogens is 360 g/mol. The van der Waals surface area contributed by atoms with E-state index in [9.17, 15) is 4.79 Å². The summed E-state index contributed by atoms with van der Waals surface area (Å²) in [7, 11) is 1.83. The minimum Gasteiger partial charge on any atom is -0.325 e. The predicted octanol–water partition coefficient (Wildman–Crippen LogP) is 2.59. The highest BCUT2D eigenvalue weighted by molar-refractivity contribution is 7.80. The van der Waals surface area contributed by atoms with E-state index in [2.05, 4.69) is 20.8 Å². The zero-order valence-electron chi connectivity index (χ0n) is 15.3. The third-order valence-corrected chi connectivity index (χ3v) is 4.41. The topological polar surface area (TPSA) is 76.2 Å². The van der Waals surface area contributed by atoms with Gasteiger partial charge in [-0.15, -0.1) is 0 Å². The molecule has 8 heteroatoms. The van der Waals surface area contributed by atoms with Gasteiger partial charge in [0.25, 0.3) is 5.56 Å². The van der Waals surface area contributed by atoms with Gasteiger partial charge in [0.2, 0.25) is 0 Å². The molecule has 1 aromatic carbocycles. The first-order valence-electron chi connectivity index (χ1n) is 8.34. The Bertz CT molecular complexity index is 1040. The third-order valence-electron chi connectivity index (χ3n) is 4.22. The summed E-state index contributed by atoms with van der Waals surface area (Å²) < 4.78 is 3.37. The van der Waals surface area contributed by atoms with E-state index in [4.69, 9.17) is 12.2 Å². The molecule has 2 aromatic heterocycles. The summed E-state index contributed by atoms with van der Waals surface area (Å²) in [5, 5.41) is 7.46. The van der Waals surface area contributed by atoms with Crippen molar-refractivity contribution in [2.45, 2.75) is 13.8 Å². The van der Waals surface area contributed by atoms with Gasteiger partial charge in [-0.3, -0.25) is 19.9 Å². The van der Waals surface area contributed by atoms with E-state index in [0.29, 0.717) is 5.69 Å². The molecule has 0 fully saturated rings. The molecule has 0 saturated carbocycles. The quantitative estimate of drug-likeness (QED) is 0.413. The first-order chi connectivity index (χ1) is 13.0. The number of benzene rings is 1. The summed E-state index contributed by atoms with van der Waals surface area (Å²) in [6, 6.07) is 13.2. The number of hydrogen-bond donors (Lipinski definition) is 2. The van der Waals surface area contributed by atoms with Crippen molar-refractivity contribution in [2.75, 3.05) is 5.32 Å². The SMILES string of the molecule is C/C(=N/NC(=S)Nc1c(C)n(C)n(-c2ccccc2)c1=O)c1ccncc1. The van der Waals surface area contributed by atoms with Gasteiger partial charge in [0.1, 0.15) is 5.69 Å². The van der Waals surface area contributed by atoms with Crippen molar-refractivity contribution < 1.29 is 0 Å². The molecule has 0 radical (unpaired) electrons. The van der Waals surface area contributed by atoms with Gasteiger partial charge in [-0.05, 0) is 50.3 Å². The maximum atomic E-state index is 12.9. The monoisotopic (exact) mass is 380 g/mol. The normalized spacial score (nSPS) is 11.3. The van der Waals surface area contributed by atoms with Gasteiger partial charge in [0.05, 0.1) is 17.1 Å². The molecule has 0 unspecified atom stereocenters. The highest BCUT2D eigenvalue weighted by Gasteiger charge is 2.16. The molecule has 0 spiro atoms. The standard InChI is InChI=1S/C19H20N6OS/c1-13(15-9-11-20-12-10-15)22-23-19(27)21-17-14(2)24(3)25(18(17)26)16-7-5-4-6-8-16/h4-12H,1-3H3,(H2,21,23,27)/b22-13-. The van der Waals surface area contributed by atoms with Crippen LogP contribution in [0.1, 0.15) is 18.2 Å². The molecule has 0 saturated heterocycles. The minimum absolute atomic E-state index is 0.180. The smallest absolute Gasteiger partial charge is 0.295 e. The molecular formula is C19H20N6OS. The van der Waals surface area contributed by atoms with Gasteiger partial charge in [-0.1, -0.05) is 18.2 Å². The molecule has 3 aromatic rings. The van der Waals surface area contributed by atoms with E-state index in [1.54, 1.807) is 21.8 Å². The molecule has 0 amide bonds. The Kier molecular flexibility index (Phi) is 5.46. The Morgan fingerprint density at radius 1 is 1.15 bits per heavy atom. The predicted molar refractivity (Wildman–Crippen MR) is 112 cm³/mol. The van der Waals surface area contributed by atoms with Crippen LogP contribution < -0.4 is 16.3 Å². The fraction of sp³-hybridized carbons (Fsp3) is 0.158. The molecule has 2 heterocycles. The van der Waals surface area contributed by atoms with Crippen LogP contribution in [0.15, 0.2) is 64.8 Å².